The number of aromatic hydroxyl groups is 1. The van der Waals surface area contributed by atoms with Gasteiger partial charge >= 0.3 is 0 Å². The summed E-state index contributed by atoms with van der Waals surface area (Å²) >= 11 is 0. The quantitative estimate of drug-likeness (QED) is 0.466. The van der Waals surface area contributed by atoms with Gasteiger partial charge in [0.1, 0.15) is 0 Å². The van der Waals surface area contributed by atoms with Crippen molar-refractivity contribution < 1.29 is 38.6 Å². The molecule has 3 aliphatic rings. The van der Waals surface area contributed by atoms with Gasteiger partial charge in [-0.3, -0.25) is 28.9 Å². The van der Waals surface area contributed by atoms with E-state index in [1.165, 1.54) is 19.0 Å². The Hall–Kier alpha value is -3.96. The number of carbonyl (C=O) groups excluding carboxylic acids is 5. The molecule has 0 saturated heterocycles. The summed E-state index contributed by atoms with van der Waals surface area (Å²) in [6.07, 6.45) is -0.0362. The second-order valence-electron chi connectivity index (χ2n) is 11.3. The molecule has 0 aliphatic heterocycles. The van der Waals surface area contributed by atoms with Crippen LogP contribution < -0.4 is 10.6 Å². The van der Waals surface area contributed by atoms with Gasteiger partial charge in [-0.1, -0.05) is 12.1 Å². The van der Waals surface area contributed by atoms with Gasteiger partial charge in [-0.2, -0.15) is 0 Å². The molecule has 2 aromatic rings. The number of fused-ring (bicyclic) bond motifs is 3. The van der Waals surface area contributed by atoms with Gasteiger partial charge in [0.25, 0.3) is 0 Å². The molecule has 1 amide bonds. The third-order valence-electron chi connectivity index (χ3n) is 8.71. The molecule has 5 rings (SSSR count). The lowest BCUT2D eigenvalue weighted by Crippen LogP contribution is -2.74. The normalized spacial score (nSPS) is 29.6. The van der Waals surface area contributed by atoms with Crippen molar-refractivity contribution in [3.8, 4) is 16.9 Å². The highest BCUT2D eigenvalue weighted by molar-refractivity contribution is 6.32. The van der Waals surface area contributed by atoms with E-state index >= 15 is 0 Å². The van der Waals surface area contributed by atoms with E-state index in [4.69, 9.17) is 5.73 Å². The van der Waals surface area contributed by atoms with Crippen LogP contribution in [0.1, 0.15) is 22.3 Å². The smallest absolute Gasteiger partial charge is 0.235 e. The monoisotopic (exact) mass is 551 g/mol. The molecule has 0 bridgehead atoms. The van der Waals surface area contributed by atoms with Gasteiger partial charge in [-0.25, -0.2) is 4.39 Å². The van der Waals surface area contributed by atoms with Crippen molar-refractivity contribution in [3.05, 3.63) is 47.3 Å². The second kappa shape index (κ2) is 9.31. The number of Topliss-reactive ketones (excluding diaryl/α,β-unsaturated/α-hetero) is 4. The van der Waals surface area contributed by atoms with Crippen molar-refractivity contribution in [3.63, 3.8) is 0 Å². The summed E-state index contributed by atoms with van der Waals surface area (Å²) in [6.45, 7) is 0. The number of nitrogens with two attached hydrogens (primary N) is 1. The number of likely N-dealkylation sites (N-methyl/N-ethyl adjacent to an activating group) is 1. The average molecular weight is 552 g/mol. The predicted octanol–water partition coefficient (Wildman–Crippen LogP) is 0.739. The molecule has 2 fully saturated rings. The maximum absolute atomic E-state index is 15.0. The van der Waals surface area contributed by atoms with Gasteiger partial charge in [0.15, 0.2) is 46.2 Å². The van der Waals surface area contributed by atoms with E-state index in [1.54, 1.807) is 12.1 Å². The summed E-state index contributed by atoms with van der Waals surface area (Å²) < 4.78 is 15.0. The van der Waals surface area contributed by atoms with Crippen LogP contribution in [-0.2, 0) is 25.6 Å². The van der Waals surface area contributed by atoms with E-state index in [1.807, 2.05) is 31.1 Å². The third-order valence-corrected chi connectivity index (χ3v) is 8.71. The Kier molecular flexibility index (Phi) is 6.42. The number of carbonyl (C=O) groups is 5. The largest absolute Gasteiger partial charge is 0.504 e. The Balaban J connectivity index is 1.66. The van der Waals surface area contributed by atoms with Crippen LogP contribution in [0.4, 0.5) is 10.1 Å². The number of anilines is 1. The van der Waals surface area contributed by atoms with Crippen molar-refractivity contribution in [2.75, 3.05) is 33.1 Å². The molecule has 0 aromatic heterocycles. The third kappa shape index (κ3) is 3.71. The number of ketones is 4. The summed E-state index contributed by atoms with van der Waals surface area (Å²) in [5, 5.41) is 22.3. The van der Waals surface area contributed by atoms with Crippen LogP contribution in [0.25, 0.3) is 11.1 Å². The van der Waals surface area contributed by atoms with Gasteiger partial charge in [0.05, 0.1) is 17.5 Å². The van der Waals surface area contributed by atoms with E-state index < -0.39 is 75.9 Å². The highest BCUT2D eigenvalue weighted by Crippen LogP contribution is 2.52. The van der Waals surface area contributed by atoms with Crippen molar-refractivity contribution in [1.29, 1.82) is 0 Å². The van der Waals surface area contributed by atoms with Crippen molar-refractivity contribution >= 4 is 34.7 Å². The lowest BCUT2D eigenvalue weighted by atomic mass is 9.52. The molecule has 2 saturated carbocycles. The average Bonchev–Trinajstić information content (AvgIpc) is 2.88. The summed E-state index contributed by atoms with van der Waals surface area (Å²) in [5.41, 5.74) is 4.30. The highest BCUT2D eigenvalue weighted by Gasteiger charge is 2.69. The van der Waals surface area contributed by atoms with E-state index in [0.717, 1.165) is 11.8 Å². The fraction of sp³-hybridized carbons (Fsp3) is 0.414. The number of phenols is 1. The summed E-state index contributed by atoms with van der Waals surface area (Å²) in [7, 11) is 6.77. The number of primary amides is 1. The molecule has 6 atom stereocenters. The van der Waals surface area contributed by atoms with Crippen LogP contribution in [0.3, 0.4) is 0 Å². The molecule has 11 heteroatoms. The molecule has 0 spiro atoms. The number of rotatable bonds is 4. The minimum atomic E-state index is -2.83. The molecule has 0 radical (unpaired) electrons. The minimum Gasteiger partial charge on any atom is -0.504 e. The van der Waals surface area contributed by atoms with Crippen LogP contribution in [0.15, 0.2) is 30.3 Å². The molecule has 40 heavy (non-hydrogen) atoms. The zero-order chi connectivity index (χ0) is 29.4. The number of phenolic OH excluding ortho intramolecular Hbond substituents is 1. The number of benzene rings is 2. The number of aliphatic hydroxyl groups is 1. The molecule has 10 nitrogen and oxygen atoms in total. The first-order chi connectivity index (χ1) is 18.7. The van der Waals surface area contributed by atoms with E-state index in [2.05, 4.69) is 0 Å². The van der Waals surface area contributed by atoms with Gasteiger partial charge in [0, 0.05) is 25.7 Å². The zero-order valence-corrected chi connectivity index (χ0v) is 22.5. The van der Waals surface area contributed by atoms with E-state index in [9.17, 15) is 38.6 Å². The maximum atomic E-state index is 15.0. The van der Waals surface area contributed by atoms with Crippen LogP contribution >= 0.6 is 0 Å². The van der Waals surface area contributed by atoms with Crippen molar-refractivity contribution in [2.45, 2.75) is 24.5 Å². The Morgan fingerprint density at radius 2 is 1.68 bits per heavy atom. The van der Waals surface area contributed by atoms with Crippen LogP contribution in [0.5, 0.6) is 5.75 Å². The first-order valence-electron chi connectivity index (χ1n) is 12.9. The summed E-state index contributed by atoms with van der Waals surface area (Å²) in [5.74, 6) is -13.1. The molecule has 3 aliphatic carbocycles. The zero-order valence-electron chi connectivity index (χ0n) is 22.5. The lowest BCUT2D eigenvalue weighted by molar-refractivity contribution is -0.181. The standard InChI is InChI=1S/C29H30FN3O7/c1-32(2)14-7-5-12(6-8-14)15-11-18(30)23(34)20-16(15)9-13-10-17-22(33(3)4)25(36)21(28(31)39)27(38)29(17,40)26(37)19(13)24(20)35/h5-8,11,13,17,19,21-22,34,40H,9-10H2,1-4H3,(H2,31,39)/t13-,17-,19?,21?,22-,29-/m0/s1. The van der Waals surface area contributed by atoms with E-state index in [-0.39, 0.29) is 18.4 Å². The van der Waals surface area contributed by atoms with Gasteiger partial charge in [-0.05, 0) is 67.7 Å². The maximum Gasteiger partial charge on any atom is 0.235 e. The molecule has 0 heterocycles. The first kappa shape index (κ1) is 27.6. The fourth-order valence-electron chi connectivity index (χ4n) is 6.84. The Bertz CT molecular complexity index is 1490. The number of nitrogens with zero attached hydrogens (tertiary/aromatic N) is 2. The molecular weight excluding hydrogens is 521 g/mol. The summed E-state index contributed by atoms with van der Waals surface area (Å²) in [6, 6.07) is 7.10. The van der Waals surface area contributed by atoms with Crippen LogP contribution in [0.2, 0.25) is 0 Å². The number of hydrogen-bond acceptors (Lipinski definition) is 9. The van der Waals surface area contributed by atoms with Crippen molar-refractivity contribution in [1.82, 2.24) is 4.90 Å². The Morgan fingerprint density at radius 3 is 2.23 bits per heavy atom. The fourth-order valence-corrected chi connectivity index (χ4v) is 6.84. The molecule has 2 unspecified atom stereocenters. The number of hydrogen-bond donors (Lipinski definition) is 3. The number of halogens is 1. The Morgan fingerprint density at radius 1 is 1.05 bits per heavy atom. The molecule has 4 N–H and O–H groups in total. The van der Waals surface area contributed by atoms with Crippen molar-refractivity contribution in [2.24, 2.45) is 29.4 Å². The number of amides is 1. The molecule has 210 valence electrons. The second-order valence-corrected chi connectivity index (χ2v) is 11.3. The van der Waals surface area contributed by atoms with Gasteiger partial charge < -0.3 is 20.8 Å². The molecule has 2 aromatic carbocycles. The van der Waals surface area contributed by atoms with Crippen LogP contribution in [-0.4, -0.2) is 84.0 Å². The topological polar surface area (TPSA) is 158 Å². The van der Waals surface area contributed by atoms with Crippen LogP contribution in [0, 0.1) is 29.5 Å². The lowest BCUT2D eigenvalue weighted by Gasteiger charge is -2.52. The van der Waals surface area contributed by atoms with Gasteiger partial charge in [-0.15, -0.1) is 0 Å². The van der Waals surface area contributed by atoms with Gasteiger partial charge in [0.2, 0.25) is 5.91 Å². The van der Waals surface area contributed by atoms with E-state index in [0.29, 0.717) is 16.7 Å². The molecular formula is C29H30FN3O7. The first-order valence-corrected chi connectivity index (χ1v) is 12.9. The SMILES string of the molecule is CN(C)c1ccc(-c2cc(F)c(O)c3c2C[C@H]2C[C@H]4[C@H](N(C)C)C(=O)C(C(N)=O)C(=O)[C@@]4(O)C(=O)C2C3=O)cc1. The predicted molar refractivity (Wildman–Crippen MR) is 141 cm³/mol. The minimum absolute atomic E-state index is 0.0461. The summed E-state index contributed by atoms with van der Waals surface area (Å²) in [4.78, 5) is 69.7. The Labute approximate surface area is 229 Å². The highest BCUT2D eigenvalue weighted by atomic mass is 19.1.